The molecule has 138 valence electrons. The molecule has 2 aromatic carbocycles. The van der Waals surface area contributed by atoms with Gasteiger partial charge in [-0.2, -0.15) is 5.10 Å². The Morgan fingerprint density at radius 2 is 1.71 bits per heavy atom. The minimum Gasteiger partial charge on any atom is -0.438 e. The van der Waals surface area contributed by atoms with Crippen LogP contribution in [0.2, 0.25) is 0 Å². The lowest BCUT2D eigenvalue weighted by Gasteiger charge is -2.08. The average Bonchev–Trinajstić information content (AvgIpc) is 3.17. The molecule has 0 aliphatic carbocycles. The third-order valence-corrected chi connectivity index (χ3v) is 3.95. The summed E-state index contributed by atoms with van der Waals surface area (Å²) >= 11 is 0. The zero-order chi connectivity index (χ0) is 19.3. The maximum absolute atomic E-state index is 12.2. The molecule has 0 saturated heterocycles. The monoisotopic (exact) mass is 371 g/mol. The second-order valence-electron chi connectivity index (χ2n) is 6.08. The SMILES string of the molecule is Cc1ccn(-c2ccc(Oc3ccc(NC(=O)c4ccccc4)cc3)nn2)n1. The van der Waals surface area contributed by atoms with Crippen molar-refractivity contribution in [3.05, 3.63) is 90.3 Å². The summed E-state index contributed by atoms with van der Waals surface area (Å²) in [4.78, 5) is 12.2. The van der Waals surface area contributed by atoms with Crippen molar-refractivity contribution < 1.29 is 9.53 Å². The van der Waals surface area contributed by atoms with Gasteiger partial charge in [0.05, 0.1) is 5.69 Å². The topological polar surface area (TPSA) is 81.9 Å². The second-order valence-corrected chi connectivity index (χ2v) is 6.08. The van der Waals surface area contributed by atoms with E-state index in [2.05, 4.69) is 20.6 Å². The fourth-order valence-corrected chi connectivity index (χ4v) is 2.55. The lowest BCUT2D eigenvalue weighted by atomic mass is 10.2. The number of amides is 1. The Balaban J connectivity index is 1.40. The maximum Gasteiger partial charge on any atom is 0.255 e. The van der Waals surface area contributed by atoms with Crippen LogP contribution in [0.15, 0.2) is 79.0 Å². The molecule has 4 rings (SSSR count). The van der Waals surface area contributed by atoms with E-state index in [9.17, 15) is 4.79 Å². The maximum atomic E-state index is 12.2. The van der Waals surface area contributed by atoms with Crippen LogP contribution in [-0.4, -0.2) is 25.9 Å². The number of rotatable bonds is 5. The van der Waals surface area contributed by atoms with Crippen molar-refractivity contribution in [2.24, 2.45) is 0 Å². The molecule has 1 amide bonds. The fourth-order valence-electron chi connectivity index (χ4n) is 2.55. The van der Waals surface area contributed by atoms with Gasteiger partial charge in [-0.1, -0.05) is 18.2 Å². The van der Waals surface area contributed by atoms with Gasteiger partial charge < -0.3 is 10.1 Å². The molecule has 7 heteroatoms. The number of nitrogens with zero attached hydrogens (tertiary/aromatic N) is 4. The second kappa shape index (κ2) is 7.71. The van der Waals surface area contributed by atoms with Gasteiger partial charge in [0.15, 0.2) is 5.82 Å². The first-order chi connectivity index (χ1) is 13.7. The first kappa shape index (κ1) is 17.4. The van der Waals surface area contributed by atoms with E-state index < -0.39 is 0 Å². The Morgan fingerprint density at radius 3 is 2.36 bits per heavy atom. The van der Waals surface area contributed by atoms with Crippen molar-refractivity contribution >= 4 is 11.6 Å². The van der Waals surface area contributed by atoms with Crippen LogP contribution in [0.5, 0.6) is 11.6 Å². The summed E-state index contributed by atoms with van der Waals surface area (Å²) in [7, 11) is 0. The van der Waals surface area contributed by atoms with Crippen LogP contribution in [0.25, 0.3) is 5.82 Å². The predicted molar refractivity (Wildman–Crippen MR) is 105 cm³/mol. The van der Waals surface area contributed by atoms with Gasteiger partial charge in [0.1, 0.15) is 5.75 Å². The number of benzene rings is 2. The molecule has 0 spiro atoms. The van der Waals surface area contributed by atoms with E-state index in [4.69, 9.17) is 4.74 Å². The van der Waals surface area contributed by atoms with Crippen LogP contribution in [-0.2, 0) is 0 Å². The summed E-state index contributed by atoms with van der Waals surface area (Å²) in [5.41, 5.74) is 2.18. The molecule has 28 heavy (non-hydrogen) atoms. The Morgan fingerprint density at radius 1 is 0.929 bits per heavy atom. The Kier molecular flexibility index (Phi) is 4.79. The summed E-state index contributed by atoms with van der Waals surface area (Å²) < 4.78 is 7.35. The zero-order valence-electron chi connectivity index (χ0n) is 15.1. The van der Waals surface area contributed by atoms with E-state index in [1.54, 1.807) is 53.2 Å². The van der Waals surface area contributed by atoms with Crippen LogP contribution in [0.4, 0.5) is 5.69 Å². The third kappa shape index (κ3) is 4.04. The van der Waals surface area contributed by atoms with E-state index >= 15 is 0 Å². The number of hydrogen-bond donors (Lipinski definition) is 1. The van der Waals surface area contributed by atoms with Crippen molar-refractivity contribution in [2.75, 3.05) is 5.32 Å². The average molecular weight is 371 g/mol. The molecular weight excluding hydrogens is 354 g/mol. The highest BCUT2D eigenvalue weighted by atomic mass is 16.5. The summed E-state index contributed by atoms with van der Waals surface area (Å²) in [6, 6.07) is 21.5. The van der Waals surface area contributed by atoms with Gasteiger partial charge in [-0.3, -0.25) is 4.79 Å². The smallest absolute Gasteiger partial charge is 0.255 e. The molecule has 0 unspecified atom stereocenters. The normalized spacial score (nSPS) is 10.5. The number of aromatic nitrogens is 4. The molecule has 4 aromatic rings. The largest absolute Gasteiger partial charge is 0.438 e. The Hall–Kier alpha value is -4.00. The van der Waals surface area contributed by atoms with Crippen LogP contribution < -0.4 is 10.1 Å². The molecule has 0 atom stereocenters. The fraction of sp³-hybridized carbons (Fsp3) is 0.0476. The molecule has 0 bridgehead atoms. The number of carbonyl (C=O) groups is 1. The third-order valence-electron chi connectivity index (χ3n) is 3.95. The van der Waals surface area contributed by atoms with E-state index in [0.717, 1.165) is 5.69 Å². The molecule has 0 radical (unpaired) electrons. The highest BCUT2D eigenvalue weighted by Crippen LogP contribution is 2.22. The highest BCUT2D eigenvalue weighted by molar-refractivity contribution is 6.04. The van der Waals surface area contributed by atoms with Crippen LogP contribution in [0, 0.1) is 6.92 Å². The molecule has 2 aromatic heterocycles. The number of hydrogen-bond acceptors (Lipinski definition) is 5. The highest BCUT2D eigenvalue weighted by Gasteiger charge is 2.06. The predicted octanol–water partition coefficient (Wildman–Crippen LogP) is 4.02. The zero-order valence-corrected chi connectivity index (χ0v) is 15.1. The standard InChI is InChI=1S/C21H17N5O2/c1-15-13-14-26(25-15)19-11-12-20(24-23-19)28-18-9-7-17(8-10-18)22-21(27)16-5-3-2-4-6-16/h2-14H,1H3,(H,22,27). The first-order valence-electron chi connectivity index (χ1n) is 8.68. The summed E-state index contributed by atoms with van der Waals surface area (Å²) in [5, 5.41) is 15.3. The van der Waals surface area contributed by atoms with Crippen LogP contribution in [0.1, 0.15) is 16.1 Å². The van der Waals surface area contributed by atoms with Gasteiger partial charge in [0.2, 0.25) is 5.88 Å². The number of anilines is 1. The van der Waals surface area contributed by atoms with Gasteiger partial charge >= 0.3 is 0 Å². The van der Waals surface area contributed by atoms with Crippen LogP contribution in [0.3, 0.4) is 0 Å². The van der Waals surface area contributed by atoms with Crippen molar-refractivity contribution in [2.45, 2.75) is 6.92 Å². The minimum atomic E-state index is -0.162. The molecular formula is C21H17N5O2. The Labute approximate surface area is 161 Å². The van der Waals surface area contributed by atoms with Crippen LogP contribution >= 0.6 is 0 Å². The summed E-state index contributed by atoms with van der Waals surface area (Å²) in [5.74, 6) is 1.41. The molecule has 0 aliphatic heterocycles. The quantitative estimate of drug-likeness (QED) is 0.573. The number of carbonyl (C=O) groups excluding carboxylic acids is 1. The van der Waals surface area contributed by atoms with Gasteiger partial charge in [0, 0.05) is 23.5 Å². The minimum absolute atomic E-state index is 0.162. The van der Waals surface area contributed by atoms with Gasteiger partial charge in [-0.25, -0.2) is 4.68 Å². The van der Waals surface area contributed by atoms with E-state index in [0.29, 0.717) is 28.7 Å². The van der Waals surface area contributed by atoms with E-state index in [1.807, 2.05) is 37.4 Å². The lowest BCUT2D eigenvalue weighted by molar-refractivity contribution is 0.102. The molecule has 2 heterocycles. The van der Waals surface area contributed by atoms with Gasteiger partial charge in [0.25, 0.3) is 5.91 Å². The van der Waals surface area contributed by atoms with Crippen molar-refractivity contribution in [1.29, 1.82) is 0 Å². The molecule has 7 nitrogen and oxygen atoms in total. The lowest BCUT2D eigenvalue weighted by Crippen LogP contribution is -2.11. The number of ether oxygens (including phenoxy) is 1. The molecule has 0 saturated carbocycles. The summed E-state index contributed by atoms with van der Waals surface area (Å²) in [6.07, 6.45) is 1.82. The van der Waals surface area contributed by atoms with E-state index in [-0.39, 0.29) is 5.91 Å². The molecule has 1 N–H and O–H groups in total. The van der Waals surface area contributed by atoms with Crippen molar-refractivity contribution in [1.82, 2.24) is 20.0 Å². The van der Waals surface area contributed by atoms with Gasteiger partial charge in [-0.05, 0) is 55.5 Å². The molecule has 0 fully saturated rings. The number of nitrogens with one attached hydrogen (secondary N) is 1. The van der Waals surface area contributed by atoms with Crippen molar-refractivity contribution in [3.63, 3.8) is 0 Å². The Bertz CT molecular complexity index is 1070. The summed E-state index contributed by atoms with van der Waals surface area (Å²) in [6.45, 7) is 1.91. The van der Waals surface area contributed by atoms with Gasteiger partial charge in [-0.15, -0.1) is 10.2 Å². The van der Waals surface area contributed by atoms with Crippen molar-refractivity contribution in [3.8, 4) is 17.4 Å². The molecule has 0 aliphatic rings. The number of aryl methyl sites for hydroxylation is 1. The first-order valence-corrected chi connectivity index (χ1v) is 8.68. The van der Waals surface area contributed by atoms with E-state index in [1.165, 1.54) is 0 Å².